The second-order valence-electron chi connectivity index (χ2n) is 7.08. The maximum absolute atomic E-state index is 12.9. The molecule has 0 aromatic heterocycles. The topological polar surface area (TPSA) is 79.0 Å². The lowest BCUT2D eigenvalue weighted by molar-refractivity contribution is -0.130. The van der Waals surface area contributed by atoms with Crippen molar-refractivity contribution in [3.05, 3.63) is 53.6 Å². The van der Waals surface area contributed by atoms with Crippen LogP contribution < -0.4 is 10.1 Å². The van der Waals surface area contributed by atoms with Gasteiger partial charge in [0.1, 0.15) is 5.75 Å². The number of para-hydroxylation sites is 2. The highest BCUT2D eigenvalue weighted by Gasteiger charge is 2.30. The summed E-state index contributed by atoms with van der Waals surface area (Å²) in [4.78, 5) is 14.5. The fourth-order valence-corrected chi connectivity index (χ4v) is 4.78. The van der Waals surface area contributed by atoms with Crippen LogP contribution in [0.15, 0.2) is 47.4 Å². The lowest BCUT2D eigenvalue weighted by Gasteiger charge is -2.34. The van der Waals surface area contributed by atoms with Crippen molar-refractivity contribution in [2.24, 2.45) is 0 Å². The van der Waals surface area contributed by atoms with E-state index in [1.807, 2.05) is 44.2 Å². The number of carbonyl (C=O) groups excluding carboxylic acids is 1. The number of amides is 1. The zero-order chi connectivity index (χ0) is 21.0. The van der Waals surface area contributed by atoms with Crippen LogP contribution in [-0.2, 0) is 14.8 Å². The molecule has 0 spiro atoms. The second kappa shape index (κ2) is 8.84. The predicted molar refractivity (Wildman–Crippen MR) is 113 cm³/mol. The zero-order valence-corrected chi connectivity index (χ0v) is 17.8. The third-order valence-electron chi connectivity index (χ3n) is 5.24. The molecule has 1 N–H and O–H groups in total. The summed E-state index contributed by atoms with van der Waals surface area (Å²) in [6.45, 7) is 5.30. The molecule has 1 fully saturated rings. The average molecular weight is 418 g/mol. The number of piperazine rings is 1. The Morgan fingerprint density at radius 3 is 2.38 bits per heavy atom. The molecule has 1 aliphatic heterocycles. The fraction of sp³-hybridized carbons (Fsp3) is 0.381. The van der Waals surface area contributed by atoms with Crippen LogP contribution in [0.1, 0.15) is 11.1 Å². The van der Waals surface area contributed by atoms with E-state index in [4.69, 9.17) is 4.74 Å². The van der Waals surface area contributed by atoms with E-state index >= 15 is 0 Å². The summed E-state index contributed by atoms with van der Waals surface area (Å²) in [6.07, 6.45) is 0. The normalized spacial score (nSPS) is 15.2. The summed E-state index contributed by atoms with van der Waals surface area (Å²) in [5.74, 6) is 0.601. The maximum atomic E-state index is 12.9. The van der Waals surface area contributed by atoms with Gasteiger partial charge in [0.2, 0.25) is 15.9 Å². The number of methoxy groups -OCH3 is 1. The SMILES string of the molecule is COc1ccccc1NCC(=O)N1CCN(S(=O)(=O)c2ccc(C)c(C)c2)CC1. The fourth-order valence-electron chi connectivity index (χ4n) is 3.27. The number of ether oxygens (including phenoxy) is 1. The number of rotatable bonds is 6. The molecule has 0 bridgehead atoms. The first-order valence-electron chi connectivity index (χ1n) is 9.55. The van der Waals surface area contributed by atoms with Gasteiger partial charge in [0.05, 0.1) is 24.2 Å². The Labute approximate surface area is 172 Å². The minimum absolute atomic E-state index is 0.0702. The highest BCUT2D eigenvalue weighted by Crippen LogP contribution is 2.23. The molecule has 2 aromatic carbocycles. The highest BCUT2D eigenvalue weighted by atomic mass is 32.2. The molecule has 8 heteroatoms. The number of nitrogens with zero attached hydrogens (tertiary/aromatic N) is 2. The van der Waals surface area contributed by atoms with Crippen LogP contribution >= 0.6 is 0 Å². The number of hydrogen-bond donors (Lipinski definition) is 1. The van der Waals surface area contributed by atoms with Crippen molar-refractivity contribution in [2.75, 3.05) is 45.2 Å². The smallest absolute Gasteiger partial charge is 0.243 e. The van der Waals surface area contributed by atoms with Gasteiger partial charge in [-0.25, -0.2) is 8.42 Å². The van der Waals surface area contributed by atoms with E-state index in [9.17, 15) is 13.2 Å². The molecule has 0 atom stereocenters. The Hall–Kier alpha value is -2.58. The van der Waals surface area contributed by atoms with Gasteiger partial charge in [-0.3, -0.25) is 4.79 Å². The average Bonchev–Trinajstić information content (AvgIpc) is 2.74. The summed E-state index contributed by atoms with van der Waals surface area (Å²) in [5.41, 5.74) is 2.75. The molecule has 0 aliphatic carbocycles. The lowest BCUT2D eigenvalue weighted by atomic mass is 10.1. The van der Waals surface area contributed by atoms with Crippen molar-refractivity contribution in [2.45, 2.75) is 18.7 Å². The summed E-state index contributed by atoms with van der Waals surface area (Å²) in [6, 6.07) is 12.6. The third-order valence-corrected chi connectivity index (χ3v) is 7.14. The summed E-state index contributed by atoms with van der Waals surface area (Å²) >= 11 is 0. The number of aryl methyl sites for hydroxylation is 2. The maximum Gasteiger partial charge on any atom is 0.243 e. The van der Waals surface area contributed by atoms with E-state index in [0.717, 1.165) is 16.8 Å². The molecule has 1 aliphatic rings. The standard InChI is InChI=1S/C21H27N3O4S/c1-16-8-9-18(14-17(16)2)29(26,27)24-12-10-23(11-13-24)21(25)15-22-19-6-4-5-7-20(19)28-3/h4-9,14,22H,10-13,15H2,1-3H3. The van der Waals surface area contributed by atoms with Crippen molar-refractivity contribution >= 4 is 21.6 Å². The Balaban J connectivity index is 1.58. The van der Waals surface area contributed by atoms with Crippen LogP contribution in [0, 0.1) is 13.8 Å². The van der Waals surface area contributed by atoms with Crippen molar-refractivity contribution < 1.29 is 17.9 Å². The molecule has 0 radical (unpaired) electrons. The summed E-state index contributed by atoms with van der Waals surface area (Å²) < 4.78 is 32.5. The molecule has 1 amide bonds. The van der Waals surface area contributed by atoms with Crippen LogP contribution in [0.5, 0.6) is 5.75 Å². The molecular weight excluding hydrogens is 390 g/mol. The molecule has 3 rings (SSSR count). The molecule has 29 heavy (non-hydrogen) atoms. The van der Waals surface area contributed by atoms with Gasteiger partial charge in [0.25, 0.3) is 0 Å². The van der Waals surface area contributed by atoms with Crippen LogP contribution in [-0.4, -0.2) is 63.4 Å². The Bertz CT molecular complexity index is 983. The molecular formula is C21H27N3O4S. The van der Waals surface area contributed by atoms with Gasteiger partial charge in [0, 0.05) is 26.2 Å². The first kappa shape index (κ1) is 21.1. The number of sulfonamides is 1. The number of carbonyl (C=O) groups is 1. The molecule has 2 aromatic rings. The number of anilines is 1. The number of benzene rings is 2. The first-order chi connectivity index (χ1) is 13.8. The molecule has 1 saturated heterocycles. The molecule has 0 unspecified atom stereocenters. The lowest BCUT2D eigenvalue weighted by Crippen LogP contribution is -2.51. The van der Waals surface area contributed by atoms with Crippen molar-refractivity contribution in [1.29, 1.82) is 0 Å². The van der Waals surface area contributed by atoms with Crippen LogP contribution in [0.25, 0.3) is 0 Å². The monoisotopic (exact) mass is 417 g/mol. The third kappa shape index (κ3) is 4.71. The van der Waals surface area contributed by atoms with Gasteiger partial charge in [-0.2, -0.15) is 4.31 Å². The molecule has 0 saturated carbocycles. The molecule has 1 heterocycles. The van der Waals surface area contributed by atoms with E-state index in [1.165, 1.54) is 4.31 Å². The minimum Gasteiger partial charge on any atom is -0.495 e. The van der Waals surface area contributed by atoms with E-state index in [1.54, 1.807) is 24.1 Å². The number of hydrogen-bond acceptors (Lipinski definition) is 5. The van der Waals surface area contributed by atoms with Crippen molar-refractivity contribution in [3.63, 3.8) is 0 Å². The second-order valence-corrected chi connectivity index (χ2v) is 9.02. The van der Waals surface area contributed by atoms with Crippen LogP contribution in [0.4, 0.5) is 5.69 Å². The summed E-state index contributed by atoms with van der Waals surface area (Å²) in [5, 5.41) is 3.09. The van der Waals surface area contributed by atoms with Crippen molar-refractivity contribution in [1.82, 2.24) is 9.21 Å². The Morgan fingerprint density at radius 2 is 1.72 bits per heavy atom. The van der Waals surface area contributed by atoms with E-state index in [0.29, 0.717) is 23.7 Å². The largest absolute Gasteiger partial charge is 0.495 e. The molecule has 156 valence electrons. The van der Waals surface area contributed by atoms with E-state index < -0.39 is 10.0 Å². The predicted octanol–water partition coefficient (Wildman–Crippen LogP) is 2.26. The van der Waals surface area contributed by atoms with Gasteiger partial charge in [-0.05, 0) is 49.2 Å². The van der Waals surface area contributed by atoms with Gasteiger partial charge in [-0.15, -0.1) is 0 Å². The first-order valence-corrected chi connectivity index (χ1v) is 11.0. The van der Waals surface area contributed by atoms with Crippen LogP contribution in [0.2, 0.25) is 0 Å². The van der Waals surface area contributed by atoms with Gasteiger partial charge >= 0.3 is 0 Å². The highest BCUT2D eigenvalue weighted by molar-refractivity contribution is 7.89. The minimum atomic E-state index is -3.55. The van der Waals surface area contributed by atoms with E-state index in [2.05, 4.69) is 5.32 Å². The van der Waals surface area contributed by atoms with Gasteiger partial charge in [-0.1, -0.05) is 18.2 Å². The zero-order valence-electron chi connectivity index (χ0n) is 17.0. The van der Waals surface area contributed by atoms with Gasteiger partial charge in [0.15, 0.2) is 0 Å². The molecule has 7 nitrogen and oxygen atoms in total. The Kier molecular flexibility index (Phi) is 6.44. The Morgan fingerprint density at radius 1 is 1.03 bits per heavy atom. The quantitative estimate of drug-likeness (QED) is 0.780. The van der Waals surface area contributed by atoms with E-state index in [-0.39, 0.29) is 25.5 Å². The van der Waals surface area contributed by atoms with Crippen molar-refractivity contribution in [3.8, 4) is 5.75 Å². The van der Waals surface area contributed by atoms with Gasteiger partial charge < -0.3 is 15.0 Å². The number of nitrogens with one attached hydrogen (secondary N) is 1. The summed E-state index contributed by atoms with van der Waals surface area (Å²) in [7, 11) is -1.97. The van der Waals surface area contributed by atoms with Crippen LogP contribution in [0.3, 0.4) is 0 Å².